The summed E-state index contributed by atoms with van der Waals surface area (Å²) in [5, 5.41) is 55.6. The van der Waals surface area contributed by atoms with E-state index in [4.69, 9.17) is 10.2 Å². The highest BCUT2D eigenvalue weighted by Gasteiger charge is 2.57. The summed E-state index contributed by atoms with van der Waals surface area (Å²) in [6, 6.07) is 0. The Bertz CT molecular complexity index is 1140. The first-order valence-electron chi connectivity index (χ1n) is 23.8. The van der Waals surface area contributed by atoms with Gasteiger partial charge in [-0.25, -0.2) is 0 Å². The molecule has 2 atom stereocenters. The van der Waals surface area contributed by atoms with E-state index in [-0.39, 0.29) is 36.5 Å². The van der Waals surface area contributed by atoms with Crippen molar-refractivity contribution in [3.8, 4) is 0 Å². The van der Waals surface area contributed by atoms with Crippen LogP contribution in [-0.2, 0) is 28.8 Å². The van der Waals surface area contributed by atoms with Crippen molar-refractivity contribution in [1.82, 2.24) is 0 Å². The summed E-state index contributed by atoms with van der Waals surface area (Å²) in [6.45, 7) is 8.64. The van der Waals surface area contributed by atoms with Gasteiger partial charge in [-0.05, 0) is 62.2 Å². The summed E-state index contributed by atoms with van der Waals surface area (Å²) in [7, 11) is 0. The Labute approximate surface area is 362 Å². The van der Waals surface area contributed by atoms with Gasteiger partial charge in [-0.3, -0.25) is 28.8 Å². The van der Waals surface area contributed by atoms with Crippen LogP contribution < -0.4 is 0 Å². The van der Waals surface area contributed by atoms with E-state index in [1.165, 1.54) is 12.8 Å². The van der Waals surface area contributed by atoms with Gasteiger partial charge in [0.25, 0.3) is 0 Å². The minimum Gasteiger partial charge on any atom is -0.481 e. The molecule has 12 heteroatoms. The zero-order valence-corrected chi connectivity index (χ0v) is 38.2. The first-order chi connectivity index (χ1) is 28.5. The fourth-order valence-corrected chi connectivity index (χ4v) is 10.5. The number of aliphatic carboxylic acids is 6. The van der Waals surface area contributed by atoms with E-state index in [1.807, 2.05) is 0 Å². The first kappa shape index (κ1) is 56.8. The van der Waals surface area contributed by atoms with Crippen molar-refractivity contribution >= 4 is 35.8 Å². The van der Waals surface area contributed by atoms with Crippen molar-refractivity contribution in [2.24, 2.45) is 21.7 Å². The Kier molecular flexibility index (Phi) is 30.0. The van der Waals surface area contributed by atoms with Crippen LogP contribution in [0.5, 0.6) is 0 Å². The molecular weight excluding hydrogens is 769 g/mol. The molecular formula is C48H86O12. The smallest absolute Gasteiger partial charge is 0.310 e. The van der Waals surface area contributed by atoms with Gasteiger partial charge >= 0.3 is 35.8 Å². The predicted molar refractivity (Wildman–Crippen MR) is 235 cm³/mol. The van der Waals surface area contributed by atoms with Gasteiger partial charge in [-0.2, -0.15) is 0 Å². The van der Waals surface area contributed by atoms with Crippen LogP contribution in [0.3, 0.4) is 0 Å². The number of carboxylic acids is 6. The highest BCUT2D eigenvalue weighted by Crippen LogP contribution is 2.59. The Hall–Kier alpha value is -3.18. The molecule has 0 spiro atoms. The molecule has 0 aromatic rings. The Morgan fingerprint density at radius 2 is 0.667 bits per heavy atom. The van der Waals surface area contributed by atoms with Crippen LogP contribution in [0.2, 0.25) is 0 Å². The molecule has 0 aromatic carbocycles. The number of hydrogen-bond acceptors (Lipinski definition) is 6. The normalized spacial score (nSPS) is 17.6. The fourth-order valence-electron chi connectivity index (χ4n) is 10.5. The molecule has 12 nitrogen and oxygen atoms in total. The highest BCUT2D eigenvalue weighted by atomic mass is 16.4. The third-order valence-electron chi connectivity index (χ3n) is 13.9. The number of carbonyl (C=O) groups is 6. The van der Waals surface area contributed by atoms with Crippen LogP contribution in [0.25, 0.3) is 0 Å². The molecule has 2 saturated carbocycles. The van der Waals surface area contributed by atoms with Gasteiger partial charge in [0.1, 0.15) is 0 Å². The third kappa shape index (κ3) is 19.7. The number of hydrogen-bond donors (Lipinski definition) is 6. The molecule has 0 aliphatic heterocycles. The van der Waals surface area contributed by atoms with Crippen LogP contribution in [0.15, 0.2) is 0 Å². The van der Waals surface area contributed by atoms with Crippen LogP contribution >= 0.6 is 0 Å². The molecule has 6 N–H and O–H groups in total. The van der Waals surface area contributed by atoms with E-state index in [0.717, 1.165) is 167 Å². The molecule has 2 rings (SSSR count). The maximum Gasteiger partial charge on any atom is 0.310 e. The highest BCUT2D eigenvalue weighted by molar-refractivity contribution is 5.83. The molecule has 2 fully saturated rings. The monoisotopic (exact) mass is 855 g/mol. The first-order valence-corrected chi connectivity index (χ1v) is 23.8. The van der Waals surface area contributed by atoms with Crippen LogP contribution in [0.4, 0.5) is 0 Å². The van der Waals surface area contributed by atoms with Crippen molar-refractivity contribution in [3.63, 3.8) is 0 Å². The van der Waals surface area contributed by atoms with Gasteiger partial charge in [0.15, 0.2) is 0 Å². The van der Waals surface area contributed by atoms with E-state index in [2.05, 4.69) is 27.7 Å². The fraction of sp³-hybridized carbons (Fsp3) is 0.875. The second-order valence-electron chi connectivity index (χ2n) is 18.1. The Morgan fingerprint density at radius 3 is 0.917 bits per heavy atom. The molecule has 60 heavy (non-hydrogen) atoms. The third-order valence-corrected chi connectivity index (χ3v) is 13.9. The lowest BCUT2D eigenvalue weighted by atomic mass is 9.52. The predicted octanol–water partition coefficient (Wildman–Crippen LogP) is 12.8. The number of rotatable bonds is 31. The van der Waals surface area contributed by atoms with Crippen molar-refractivity contribution in [2.45, 2.75) is 246 Å². The minimum atomic E-state index is -1.10. The average molecular weight is 855 g/mol. The lowest BCUT2D eigenvalue weighted by Gasteiger charge is -2.50. The van der Waals surface area contributed by atoms with E-state index in [0.29, 0.717) is 12.8 Å². The maximum absolute atomic E-state index is 12.6. The Morgan fingerprint density at radius 1 is 0.383 bits per heavy atom. The van der Waals surface area contributed by atoms with E-state index in [9.17, 15) is 49.2 Å². The quantitative estimate of drug-likeness (QED) is 0.0358. The summed E-state index contributed by atoms with van der Waals surface area (Å²) in [5.41, 5.74) is -2.87. The van der Waals surface area contributed by atoms with E-state index >= 15 is 0 Å². The van der Waals surface area contributed by atoms with Gasteiger partial charge in [0.2, 0.25) is 0 Å². The maximum atomic E-state index is 12.6. The molecule has 2 unspecified atom stereocenters. The summed E-state index contributed by atoms with van der Waals surface area (Å²) in [4.78, 5) is 67.8. The zero-order chi connectivity index (χ0) is 45.5. The molecule has 0 aromatic heterocycles. The van der Waals surface area contributed by atoms with Gasteiger partial charge in [0, 0.05) is 0 Å². The average Bonchev–Trinajstić information content (AvgIpc) is 3.20. The largest absolute Gasteiger partial charge is 0.481 e. The molecule has 0 heterocycles. The van der Waals surface area contributed by atoms with Crippen LogP contribution in [0.1, 0.15) is 246 Å². The topological polar surface area (TPSA) is 224 Å². The lowest BCUT2D eigenvalue weighted by molar-refractivity contribution is -0.171. The molecule has 0 bridgehead atoms. The summed E-state index contributed by atoms with van der Waals surface area (Å²) >= 11 is 0. The van der Waals surface area contributed by atoms with Crippen molar-refractivity contribution in [2.75, 3.05) is 0 Å². The summed E-state index contributed by atoms with van der Waals surface area (Å²) in [6.07, 6.45) is 28.7. The summed E-state index contributed by atoms with van der Waals surface area (Å²) in [5.74, 6) is -5.80. The van der Waals surface area contributed by atoms with Gasteiger partial charge < -0.3 is 30.6 Å². The number of carboxylic acid groups (broad SMARTS) is 6. The summed E-state index contributed by atoms with van der Waals surface area (Å²) < 4.78 is 0. The molecule has 0 radical (unpaired) electrons. The van der Waals surface area contributed by atoms with E-state index in [1.54, 1.807) is 0 Å². The lowest BCUT2D eigenvalue weighted by Crippen LogP contribution is -2.50. The van der Waals surface area contributed by atoms with Gasteiger partial charge in [-0.15, -0.1) is 0 Å². The number of unbranched alkanes of at least 4 members (excludes halogenated alkanes) is 12. The van der Waals surface area contributed by atoms with Crippen LogP contribution in [-0.4, -0.2) is 66.5 Å². The SMILES string of the molecule is CCCCCCCC(CC(=O)O)(C(=O)O)C1(CCCCC)CCCCC1.CCCCCCCC(CC(=O)O)(C(=O)O)C1(CCCCC)CCCCC1.O=C(O)CCC(=O)O. The van der Waals surface area contributed by atoms with Crippen molar-refractivity contribution in [3.05, 3.63) is 0 Å². The second-order valence-corrected chi connectivity index (χ2v) is 18.1. The van der Waals surface area contributed by atoms with Crippen molar-refractivity contribution < 1.29 is 59.4 Å². The van der Waals surface area contributed by atoms with Crippen molar-refractivity contribution in [1.29, 1.82) is 0 Å². The van der Waals surface area contributed by atoms with Gasteiger partial charge in [0.05, 0.1) is 36.5 Å². The zero-order valence-electron chi connectivity index (χ0n) is 38.2. The second kappa shape index (κ2) is 31.6. The molecule has 2 aliphatic carbocycles. The standard InChI is InChI=1S/2C22H40O4.C4H6O4/c2*1-3-5-7-8-13-17-22(20(25)26,18-19(23)24)21(14-10-6-4-2)15-11-9-12-16-21;5-3(6)1-2-4(7)8/h2*3-18H2,1-2H3,(H,23,24)(H,25,26);1-2H2,(H,5,6)(H,7,8). The van der Waals surface area contributed by atoms with Crippen LogP contribution in [0, 0.1) is 21.7 Å². The van der Waals surface area contributed by atoms with Gasteiger partial charge in [-0.1, -0.05) is 169 Å². The molecule has 350 valence electrons. The minimum absolute atomic E-state index is 0.220. The molecule has 2 aliphatic rings. The molecule has 0 amide bonds. The molecule has 0 saturated heterocycles. The van der Waals surface area contributed by atoms with E-state index < -0.39 is 46.6 Å². The Balaban J connectivity index is 0.000000982.